The summed E-state index contributed by atoms with van der Waals surface area (Å²) in [6.07, 6.45) is 3.50. The lowest BCUT2D eigenvalue weighted by Gasteiger charge is -2.18. The van der Waals surface area contributed by atoms with Crippen LogP contribution >= 0.6 is 0 Å². The van der Waals surface area contributed by atoms with Crippen molar-refractivity contribution < 1.29 is 0 Å². The van der Waals surface area contributed by atoms with Crippen LogP contribution in [0.2, 0.25) is 0 Å². The quantitative estimate of drug-likeness (QED) is 0.525. The van der Waals surface area contributed by atoms with E-state index < -0.39 is 0 Å². The summed E-state index contributed by atoms with van der Waals surface area (Å²) in [6, 6.07) is 0. The maximum absolute atomic E-state index is 2.32. The first-order valence-corrected chi connectivity index (χ1v) is 4.26. The van der Waals surface area contributed by atoms with Gasteiger partial charge in [0.2, 0.25) is 0 Å². The molecule has 10 heavy (non-hydrogen) atoms. The molecule has 2 atom stereocenters. The van der Waals surface area contributed by atoms with Crippen molar-refractivity contribution >= 4 is 0 Å². The number of allylic oxidation sites excluding steroid dienone is 2. The van der Waals surface area contributed by atoms with E-state index in [1.807, 2.05) is 0 Å². The van der Waals surface area contributed by atoms with Gasteiger partial charge in [-0.1, -0.05) is 38.8 Å². The predicted molar refractivity (Wildman–Crippen MR) is 48.1 cm³/mol. The maximum Gasteiger partial charge on any atom is -0.0209 e. The van der Waals surface area contributed by atoms with Crippen molar-refractivity contribution in [2.24, 2.45) is 11.8 Å². The third kappa shape index (κ3) is 2.55. The smallest absolute Gasteiger partial charge is 0.0209 e. The van der Waals surface area contributed by atoms with Gasteiger partial charge in [0, 0.05) is 0 Å². The number of rotatable bonds is 3. The van der Waals surface area contributed by atoms with Gasteiger partial charge in [0.15, 0.2) is 0 Å². The predicted octanol–water partition coefficient (Wildman–Crippen LogP) is 3.63. The van der Waals surface area contributed by atoms with E-state index in [9.17, 15) is 0 Å². The van der Waals surface area contributed by atoms with Gasteiger partial charge in [-0.15, -0.1) is 0 Å². The van der Waals surface area contributed by atoms with E-state index in [4.69, 9.17) is 0 Å². The highest BCUT2D eigenvalue weighted by molar-refractivity contribution is 5.01. The molecule has 0 aromatic heterocycles. The lowest BCUT2D eigenvalue weighted by atomic mass is 9.88. The molecule has 0 heterocycles. The van der Waals surface area contributed by atoms with Crippen LogP contribution in [0.25, 0.3) is 0 Å². The van der Waals surface area contributed by atoms with Gasteiger partial charge in [0.25, 0.3) is 0 Å². The average Bonchev–Trinajstić information content (AvgIpc) is 2.00. The first-order valence-electron chi connectivity index (χ1n) is 4.26. The van der Waals surface area contributed by atoms with Crippen molar-refractivity contribution in [1.82, 2.24) is 0 Å². The molecule has 0 aliphatic heterocycles. The minimum absolute atomic E-state index is 0.759. The summed E-state index contributed by atoms with van der Waals surface area (Å²) >= 11 is 0. The molecule has 0 heteroatoms. The molecule has 0 radical (unpaired) electrons. The third-order valence-electron chi connectivity index (χ3n) is 2.67. The maximum atomic E-state index is 2.32. The molecule has 0 rings (SSSR count). The zero-order valence-electron chi connectivity index (χ0n) is 7.94. The minimum Gasteiger partial charge on any atom is -0.0885 e. The van der Waals surface area contributed by atoms with E-state index in [1.165, 1.54) is 12.0 Å². The lowest BCUT2D eigenvalue weighted by molar-refractivity contribution is 0.427. The van der Waals surface area contributed by atoms with E-state index in [0.29, 0.717) is 0 Å². The summed E-state index contributed by atoms with van der Waals surface area (Å²) in [7, 11) is 0. The summed E-state index contributed by atoms with van der Waals surface area (Å²) in [4.78, 5) is 0. The Morgan fingerprint density at radius 1 is 1.40 bits per heavy atom. The Morgan fingerprint density at radius 3 is 2.20 bits per heavy atom. The van der Waals surface area contributed by atoms with Crippen LogP contribution in [-0.4, -0.2) is 0 Å². The zero-order chi connectivity index (χ0) is 8.15. The fourth-order valence-electron chi connectivity index (χ4n) is 1.07. The average molecular weight is 140 g/mol. The Balaban J connectivity index is 3.94. The normalized spacial score (nSPS) is 18.7. The van der Waals surface area contributed by atoms with E-state index in [-0.39, 0.29) is 0 Å². The molecule has 0 aromatic carbocycles. The van der Waals surface area contributed by atoms with Gasteiger partial charge in [0.05, 0.1) is 0 Å². The molecule has 60 valence electrons. The van der Waals surface area contributed by atoms with Crippen molar-refractivity contribution in [2.75, 3.05) is 0 Å². The molecule has 0 N–H and O–H groups in total. The van der Waals surface area contributed by atoms with Gasteiger partial charge in [-0.25, -0.2) is 0 Å². The van der Waals surface area contributed by atoms with Crippen molar-refractivity contribution in [2.45, 2.75) is 41.0 Å². The van der Waals surface area contributed by atoms with Gasteiger partial charge < -0.3 is 0 Å². The van der Waals surface area contributed by atoms with E-state index in [0.717, 1.165) is 11.8 Å². The Morgan fingerprint density at radius 2 is 1.90 bits per heavy atom. The number of hydrogen-bond donors (Lipinski definition) is 0. The molecule has 0 saturated carbocycles. The van der Waals surface area contributed by atoms with E-state index in [2.05, 4.69) is 40.7 Å². The van der Waals surface area contributed by atoms with Crippen molar-refractivity contribution in [3.05, 3.63) is 11.6 Å². The van der Waals surface area contributed by atoms with Crippen LogP contribution in [0.5, 0.6) is 0 Å². The molecular weight excluding hydrogens is 120 g/mol. The molecule has 2 unspecified atom stereocenters. The standard InChI is InChI=1S/C10H20/c1-6-8(3)10(5)9(4)7-2/h6,9-10H,7H2,1-5H3. The van der Waals surface area contributed by atoms with Gasteiger partial charge in [-0.2, -0.15) is 0 Å². The second kappa shape index (κ2) is 4.54. The highest BCUT2D eigenvalue weighted by atomic mass is 14.2. The van der Waals surface area contributed by atoms with Gasteiger partial charge in [-0.05, 0) is 25.7 Å². The van der Waals surface area contributed by atoms with Crippen LogP contribution in [0.3, 0.4) is 0 Å². The molecule has 0 nitrogen and oxygen atoms in total. The summed E-state index contributed by atoms with van der Waals surface area (Å²) in [5.41, 5.74) is 1.52. The SMILES string of the molecule is CC=C(C)C(C)C(C)CC. The van der Waals surface area contributed by atoms with Crippen molar-refractivity contribution in [3.8, 4) is 0 Å². The Hall–Kier alpha value is -0.260. The van der Waals surface area contributed by atoms with Gasteiger partial charge in [-0.3, -0.25) is 0 Å². The topological polar surface area (TPSA) is 0 Å². The zero-order valence-corrected chi connectivity index (χ0v) is 7.94. The molecule has 0 aromatic rings. The van der Waals surface area contributed by atoms with E-state index in [1.54, 1.807) is 0 Å². The second-order valence-electron chi connectivity index (χ2n) is 3.21. The summed E-state index contributed by atoms with van der Waals surface area (Å²) in [5.74, 6) is 1.59. The molecule has 0 aliphatic rings. The molecule has 0 amide bonds. The summed E-state index contributed by atoms with van der Waals surface area (Å²) in [5, 5.41) is 0. The Bertz CT molecular complexity index is 111. The van der Waals surface area contributed by atoms with Crippen LogP contribution in [0.1, 0.15) is 41.0 Å². The summed E-state index contributed by atoms with van der Waals surface area (Å²) < 4.78 is 0. The monoisotopic (exact) mass is 140 g/mol. The highest BCUT2D eigenvalue weighted by Gasteiger charge is 2.10. The van der Waals surface area contributed by atoms with E-state index >= 15 is 0 Å². The van der Waals surface area contributed by atoms with Crippen molar-refractivity contribution in [3.63, 3.8) is 0 Å². The Kier molecular flexibility index (Phi) is 4.42. The van der Waals surface area contributed by atoms with Crippen LogP contribution in [0.15, 0.2) is 11.6 Å². The van der Waals surface area contributed by atoms with Crippen LogP contribution in [0, 0.1) is 11.8 Å². The molecule has 0 saturated heterocycles. The Labute approximate surface area is 65.3 Å². The first-order chi connectivity index (χ1) is 4.63. The van der Waals surface area contributed by atoms with Gasteiger partial charge in [0.1, 0.15) is 0 Å². The van der Waals surface area contributed by atoms with Crippen molar-refractivity contribution in [1.29, 1.82) is 0 Å². The first kappa shape index (κ1) is 9.74. The second-order valence-corrected chi connectivity index (χ2v) is 3.21. The van der Waals surface area contributed by atoms with Crippen LogP contribution < -0.4 is 0 Å². The van der Waals surface area contributed by atoms with Crippen LogP contribution in [0.4, 0.5) is 0 Å². The molecular formula is C10H20. The minimum atomic E-state index is 0.759. The summed E-state index contributed by atoms with van der Waals surface area (Å²) in [6.45, 7) is 11.2. The molecule has 0 spiro atoms. The third-order valence-corrected chi connectivity index (χ3v) is 2.67. The van der Waals surface area contributed by atoms with Crippen LogP contribution in [-0.2, 0) is 0 Å². The lowest BCUT2D eigenvalue weighted by Crippen LogP contribution is -2.07. The fraction of sp³-hybridized carbons (Fsp3) is 0.800. The molecule has 0 bridgehead atoms. The highest BCUT2D eigenvalue weighted by Crippen LogP contribution is 2.21. The van der Waals surface area contributed by atoms with Gasteiger partial charge >= 0.3 is 0 Å². The fourth-order valence-corrected chi connectivity index (χ4v) is 1.07. The molecule has 0 aliphatic carbocycles. The molecule has 0 fully saturated rings. The number of hydrogen-bond acceptors (Lipinski definition) is 0. The largest absolute Gasteiger partial charge is 0.0885 e.